The van der Waals surface area contributed by atoms with Crippen LogP contribution in [0.1, 0.15) is 174 Å². The first-order valence-corrected chi connectivity index (χ1v) is 16.1. The molecule has 0 aliphatic rings. The maximum absolute atomic E-state index is 12.0. The van der Waals surface area contributed by atoms with Crippen LogP contribution >= 0.6 is 0 Å². The number of aliphatic carboxylic acids is 1. The van der Waals surface area contributed by atoms with Crippen molar-refractivity contribution in [3.8, 4) is 0 Å². The Morgan fingerprint density at radius 1 is 0.595 bits per heavy atom. The lowest BCUT2D eigenvalue weighted by Crippen LogP contribution is -2.21. The van der Waals surface area contributed by atoms with Gasteiger partial charge < -0.3 is 9.84 Å². The van der Waals surface area contributed by atoms with Crippen molar-refractivity contribution in [2.24, 2.45) is 5.92 Å². The molecule has 4 nitrogen and oxygen atoms in total. The fourth-order valence-corrected chi connectivity index (χ4v) is 4.89. The molecule has 0 amide bonds. The van der Waals surface area contributed by atoms with E-state index >= 15 is 0 Å². The normalized spacial score (nSPS) is 12.3. The van der Waals surface area contributed by atoms with E-state index in [4.69, 9.17) is 9.84 Å². The zero-order valence-corrected chi connectivity index (χ0v) is 24.8. The molecule has 0 radical (unpaired) electrons. The van der Waals surface area contributed by atoms with Crippen molar-refractivity contribution in [3.63, 3.8) is 0 Å². The zero-order valence-electron chi connectivity index (χ0n) is 24.8. The fraction of sp³-hybridized carbons (Fsp3) is 0.879. The standard InChI is InChI=1S/C33H62O4/c1-3-5-6-7-8-9-10-11-12-13-14-15-16-17-18-19-20-21-22-23-24-25-26-27-28-31(30-32(34)35)33(36)37-29-4-2/h8-9,31H,3-7,10-30H2,1-2H3,(H,34,35)/b9-8+. The highest BCUT2D eigenvalue weighted by Crippen LogP contribution is 2.18. The molecule has 0 fully saturated rings. The minimum Gasteiger partial charge on any atom is -0.481 e. The van der Waals surface area contributed by atoms with Crippen LogP contribution in [0.25, 0.3) is 0 Å². The van der Waals surface area contributed by atoms with Crippen LogP contribution in [0.15, 0.2) is 12.2 Å². The third-order valence-electron chi connectivity index (χ3n) is 7.27. The fourth-order valence-electron chi connectivity index (χ4n) is 4.89. The lowest BCUT2D eigenvalue weighted by atomic mass is 9.97. The quantitative estimate of drug-likeness (QED) is 0.0602. The lowest BCUT2D eigenvalue weighted by Gasteiger charge is -2.13. The van der Waals surface area contributed by atoms with Gasteiger partial charge >= 0.3 is 11.9 Å². The van der Waals surface area contributed by atoms with Crippen LogP contribution in [-0.4, -0.2) is 23.7 Å². The minimum atomic E-state index is -0.916. The number of hydrogen-bond donors (Lipinski definition) is 1. The summed E-state index contributed by atoms with van der Waals surface area (Å²) in [5.41, 5.74) is 0. The van der Waals surface area contributed by atoms with Crippen molar-refractivity contribution in [2.45, 2.75) is 174 Å². The molecule has 218 valence electrons. The molecule has 0 aromatic heterocycles. The summed E-state index contributed by atoms with van der Waals surface area (Å²) >= 11 is 0. The SMILES string of the molecule is CCCCC/C=C/CCCCCCCCCCCCCCCCCCCC(CC(=O)O)C(=O)OCCC. The summed E-state index contributed by atoms with van der Waals surface area (Å²) < 4.78 is 5.16. The van der Waals surface area contributed by atoms with Crippen molar-refractivity contribution < 1.29 is 19.4 Å². The van der Waals surface area contributed by atoms with E-state index in [0.717, 1.165) is 19.3 Å². The smallest absolute Gasteiger partial charge is 0.309 e. The molecule has 0 saturated carbocycles. The van der Waals surface area contributed by atoms with E-state index in [1.165, 1.54) is 128 Å². The van der Waals surface area contributed by atoms with Gasteiger partial charge in [-0.15, -0.1) is 0 Å². The van der Waals surface area contributed by atoms with Crippen molar-refractivity contribution in [3.05, 3.63) is 12.2 Å². The molecule has 0 aromatic rings. The van der Waals surface area contributed by atoms with Crippen molar-refractivity contribution in [1.82, 2.24) is 0 Å². The second kappa shape index (κ2) is 29.2. The Bertz CT molecular complexity index is 528. The molecule has 1 atom stereocenters. The van der Waals surface area contributed by atoms with Crippen LogP contribution in [0.3, 0.4) is 0 Å². The first kappa shape index (κ1) is 35.7. The number of carbonyl (C=O) groups is 2. The predicted molar refractivity (Wildman–Crippen MR) is 158 cm³/mol. The summed E-state index contributed by atoms with van der Waals surface area (Å²) in [6, 6.07) is 0. The molecule has 0 aromatic carbocycles. The van der Waals surface area contributed by atoms with E-state index in [0.29, 0.717) is 13.0 Å². The molecular formula is C33H62O4. The number of carboxylic acids is 1. The third kappa shape index (κ3) is 27.5. The summed E-state index contributed by atoms with van der Waals surface area (Å²) in [6.45, 7) is 4.59. The molecule has 37 heavy (non-hydrogen) atoms. The first-order chi connectivity index (χ1) is 18.1. The summed E-state index contributed by atoms with van der Waals surface area (Å²) in [5.74, 6) is -1.74. The number of unbranched alkanes of at least 4 members (excludes halogenated alkanes) is 20. The Hall–Kier alpha value is -1.32. The maximum atomic E-state index is 12.0. The molecule has 1 N–H and O–H groups in total. The molecule has 0 bridgehead atoms. The Labute approximate surface area is 230 Å². The van der Waals surface area contributed by atoms with Gasteiger partial charge in [-0.25, -0.2) is 0 Å². The number of carbonyl (C=O) groups excluding carboxylic acids is 1. The second-order valence-electron chi connectivity index (χ2n) is 11.0. The van der Waals surface area contributed by atoms with Gasteiger partial charge in [-0.2, -0.15) is 0 Å². The van der Waals surface area contributed by atoms with Gasteiger partial charge in [0, 0.05) is 0 Å². The largest absolute Gasteiger partial charge is 0.481 e. The van der Waals surface area contributed by atoms with Gasteiger partial charge in [0.25, 0.3) is 0 Å². The summed E-state index contributed by atoms with van der Waals surface area (Å²) in [6.07, 6.45) is 35.1. The predicted octanol–water partition coefficient (Wildman–Crippen LogP) is 10.6. The van der Waals surface area contributed by atoms with Gasteiger partial charge in [-0.05, 0) is 38.5 Å². The monoisotopic (exact) mass is 522 g/mol. The lowest BCUT2D eigenvalue weighted by molar-refractivity contribution is -0.153. The average molecular weight is 523 g/mol. The maximum Gasteiger partial charge on any atom is 0.309 e. The van der Waals surface area contributed by atoms with Crippen LogP contribution in [0, 0.1) is 5.92 Å². The number of rotatable bonds is 29. The zero-order chi connectivity index (χ0) is 27.2. The molecule has 0 heterocycles. The summed E-state index contributed by atoms with van der Waals surface area (Å²) in [7, 11) is 0. The number of carboxylic acid groups (broad SMARTS) is 1. The van der Waals surface area contributed by atoms with Crippen LogP contribution in [0.2, 0.25) is 0 Å². The Balaban J connectivity index is 3.35. The first-order valence-electron chi connectivity index (χ1n) is 16.1. The van der Waals surface area contributed by atoms with Gasteiger partial charge in [0.2, 0.25) is 0 Å². The molecule has 1 unspecified atom stereocenters. The van der Waals surface area contributed by atoms with E-state index < -0.39 is 11.9 Å². The van der Waals surface area contributed by atoms with Crippen molar-refractivity contribution in [2.75, 3.05) is 6.61 Å². The van der Waals surface area contributed by atoms with Crippen LogP contribution in [0.5, 0.6) is 0 Å². The second-order valence-corrected chi connectivity index (χ2v) is 11.0. The van der Waals surface area contributed by atoms with E-state index in [1.807, 2.05) is 6.92 Å². The Morgan fingerprint density at radius 2 is 1.00 bits per heavy atom. The van der Waals surface area contributed by atoms with E-state index in [2.05, 4.69) is 19.1 Å². The number of hydrogen-bond acceptors (Lipinski definition) is 3. The number of esters is 1. The van der Waals surface area contributed by atoms with Crippen LogP contribution in [0.4, 0.5) is 0 Å². The van der Waals surface area contributed by atoms with Crippen molar-refractivity contribution in [1.29, 1.82) is 0 Å². The molecule has 4 heteroatoms. The number of ether oxygens (including phenoxy) is 1. The summed E-state index contributed by atoms with van der Waals surface area (Å²) in [4.78, 5) is 23.0. The molecule has 0 aliphatic carbocycles. The van der Waals surface area contributed by atoms with E-state index in [-0.39, 0.29) is 12.4 Å². The topological polar surface area (TPSA) is 63.6 Å². The summed E-state index contributed by atoms with van der Waals surface area (Å²) in [5, 5.41) is 9.04. The molecule has 0 aliphatic heterocycles. The van der Waals surface area contributed by atoms with E-state index in [1.54, 1.807) is 0 Å². The van der Waals surface area contributed by atoms with Gasteiger partial charge in [0.05, 0.1) is 18.9 Å². The minimum absolute atomic E-state index is 0.111. The van der Waals surface area contributed by atoms with Gasteiger partial charge in [-0.3, -0.25) is 9.59 Å². The Morgan fingerprint density at radius 3 is 1.41 bits per heavy atom. The van der Waals surface area contributed by atoms with Gasteiger partial charge in [-0.1, -0.05) is 142 Å². The molecular weight excluding hydrogens is 460 g/mol. The Kier molecular flexibility index (Phi) is 28.2. The highest BCUT2D eigenvalue weighted by Gasteiger charge is 2.22. The third-order valence-corrected chi connectivity index (χ3v) is 7.27. The van der Waals surface area contributed by atoms with Gasteiger partial charge in [0.15, 0.2) is 0 Å². The average Bonchev–Trinajstić information content (AvgIpc) is 2.88. The molecule has 0 rings (SSSR count). The highest BCUT2D eigenvalue weighted by atomic mass is 16.5. The van der Waals surface area contributed by atoms with Crippen LogP contribution < -0.4 is 0 Å². The van der Waals surface area contributed by atoms with E-state index in [9.17, 15) is 9.59 Å². The van der Waals surface area contributed by atoms with Crippen LogP contribution in [-0.2, 0) is 14.3 Å². The number of allylic oxidation sites excluding steroid dienone is 2. The van der Waals surface area contributed by atoms with Gasteiger partial charge in [0.1, 0.15) is 0 Å². The molecule has 0 spiro atoms. The highest BCUT2D eigenvalue weighted by molar-refractivity contribution is 5.79. The van der Waals surface area contributed by atoms with Crippen molar-refractivity contribution >= 4 is 11.9 Å². The molecule has 0 saturated heterocycles.